The Morgan fingerprint density at radius 3 is 2.76 bits per heavy atom. The number of amides is 1. The van der Waals surface area contributed by atoms with E-state index in [1.54, 1.807) is 18.2 Å². The molecule has 2 atom stereocenters. The number of nitrogens with zero attached hydrogens (tertiary/aromatic N) is 1. The van der Waals surface area contributed by atoms with Gasteiger partial charge >= 0.3 is 0 Å². The molecule has 3 N–H and O–H groups in total. The van der Waals surface area contributed by atoms with Crippen LogP contribution in [0.5, 0.6) is 5.75 Å². The van der Waals surface area contributed by atoms with Crippen molar-refractivity contribution in [1.82, 2.24) is 5.32 Å². The molecule has 1 aliphatic heterocycles. The summed E-state index contributed by atoms with van der Waals surface area (Å²) in [5, 5.41) is 4.11. The lowest BCUT2D eigenvalue weighted by Crippen LogP contribution is -2.27. The second kappa shape index (κ2) is 9.59. The predicted octanol–water partition coefficient (Wildman–Crippen LogP) is 2.97. The average molecular weight is 364 g/mol. The van der Waals surface area contributed by atoms with Crippen LogP contribution < -0.4 is 15.8 Å². The lowest BCUT2D eigenvalue weighted by Gasteiger charge is -2.17. The van der Waals surface area contributed by atoms with Gasteiger partial charge in [0.15, 0.2) is 0 Å². The molecule has 0 radical (unpaired) electrons. The molecule has 2 rings (SSSR count). The van der Waals surface area contributed by atoms with E-state index in [0.29, 0.717) is 16.7 Å². The van der Waals surface area contributed by atoms with Crippen molar-refractivity contribution in [3.63, 3.8) is 0 Å². The van der Waals surface area contributed by atoms with E-state index in [9.17, 15) is 4.79 Å². The minimum Gasteiger partial charge on any atom is -0.465 e. The number of ether oxygens (including phenoxy) is 1. The molecule has 2 unspecified atom stereocenters. The molecule has 0 aromatic heterocycles. The van der Waals surface area contributed by atoms with Gasteiger partial charge in [-0.15, -0.1) is 0 Å². The summed E-state index contributed by atoms with van der Waals surface area (Å²) in [6.45, 7) is 6.36. The van der Waals surface area contributed by atoms with Crippen LogP contribution in [0.3, 0.4) is 0 Å². The zero-order valence-corrected chi connectivity index (χ0v) is 15.5. The molecule has 0 spiro atoms. The van der Waals surface area contributed by atoms with Gasteiger partial charge in [0.2, 0.25) is 12.1 Å². The highest BCUT2D eigenvalue weighted by molar-refractivity contribution is 6.31. The lowest BCUT2D eigenvalue weighted by molar-refractivity contribution is -0.118. The number of carbonyl (C=O) groups is 1. The number of hydrogen-bond acceptors (Lipinski definition) is 4. The Kier molecular flexibility index (Phi) is 7.47. The number of primary amides is 1. The molecular formula is C19H26ClN3O2. The van der Waals surface area contributed by atoms with Gasteiger partial charge in [-0.25, -0.2) is 4.99 Å². The first kappa shape index (κ1) is 19.5. The van der Waals surface area contributed by atoms with Crippen molar-refractivity contribution in [2.24, 2.45) is 22.6 Å². The third-order valence-corrected chi connectivity index (χ3v) is 4.31. The molecule has 1 amide bonds. The van der Waals surface area contributed by atoms with Crippen LogP contribution in [-0.2, 0) is 11.2 Å². The fraction of sp³-hybridized carbons (Fsp3) is 0.474. The highest BCUT2D eigenvalue weighted by atomic mass is 35.5. The second-order valence-electron chi connectivity index (χ2n) is 6.56. The molecule has 0 saturated carbocycles. The summed E-state index contributed by atoms with van der Waals surface area (Å²) in [4.78, 5) is 15.3. The number of rotatable bonds is 9. The van der Waals surface area contributed by atoms with E-state index in [1.165, 1.54) is 12.6 Å². The topological polar surface area (TPSA) is 76.7 Å². The molecule has 1 aliphatic rings. The van der Waals surface area contributed by atoms with Gasteiger partial charge in [0.05, 0.1) is 5.92 Å². The maximum absolute atomic E-state index is 11.1. The number of hydrogen-bond donors (Lipinski definition) is 2. The maximum atomic E-state index is 11.1. The fourth-order valence-corrected chi connectivity index (χ4v) is 2.68. The van der Waals surface area contributed by atoms with E-state index in [2.05, 4.69) is 24.2 Å². The van der Waals surface area contributed by atoms with E-state index in [1.807, 2.05) is 12.1 Å². The van der Waals surface area contributed by atoms with Crippen molar-refractivity contribution in [1.29, 1.82) is 0 Å². The highest BCUT2D eigenvalue weighted by Gasteiger charge is 2.16. The number of benzene rings is 1. The summed E-state index contributed by atoms with van der Waals surface area (Å²) in [7, 11) is 0. The molecule has 0 saturated heterocycles. The Balaban J connectivity index is 1.82. The van der Waals surface area contributed by atoms with Gasteiger partial charge in [-0.05, 0) is 55.6 Å². The molecule has 5 nitrogen and oxygen atoms in total. The van der Waals surface area contributed by atoms with E-state index in [4.69, 9.17) is 22.1 Å². The Hall–Kier alpha value is -1.85. The second-order valence-corrected chi connectivity index (χ2v) is 6.96. The number of aliphatic imine (C=N–C) groups is 1. The normalized spacial score (nSPS) is 19.4. The van der Waals surface area contributed by atoms with Crippen LogP contribution in [-0.4, -0.2) is 31.4 Å². The molecule has 1 aromatic rings. The summed E-state index contributed by atoms with van der Waals surface area (Å²) in [5.74, 6) is 0.468. The number of dihydropyridines is 1. The van der Waals surface area contributed by atoms with Crippen LogP contribution >= 0.6 is 11.6 Å². The summed E-state index contributed by atoms with van der Waals surface area (Å²) < 4.78 is 5.75. The fourth-order valence-electron chi connectivity index (χ4n) is 2.41. The molecule has 1 aromatic carbocycles. The SMILES string of the molecule is CC(C)CCNCCc1ccc(OC2C=CC(C(N)=O)C=N2)cc1Cl. The average Bonchev–Trinajstić information content (AvgIpc) is 2.56. The minimum absolute atomic E-state index is 0.423. The van der Waals surface area contributed by atoms with Crippen molar-refractivity contribution in [3.8, 4) is 5.75 Å². The van der Waals surface area contributed by atoms with E-state index in [-0.39, 0.29) is 0 Å². The summed E-state index contributed by atoms with van der Waals surface area (Å²) >= 11 is 6.35. The minimum atomic E-state index is -0.464. The maximum Gasteiger partial charge on any atom is 0.229 e. The van der Waals surface area contributed by atoms with Crippen molar-refractivity contribution >= 4 is 23.7 Å². The number of carbonyl (C=O) groups excluding carboxylic acids is 1. The first-order valence-electron chi connectivity index (χ1n) is 8.62. The third kappa shape index (κ3) is 6.52. The first-order valence-corrected chi connectivity index (χ1v) is 9.00. The van der Waals surface area contributed by atoms with Crippen LogP contribution in [0.15, 0.2) is 35.3 Å². The molecule has 0 aliphatic carbocycles. The monoisotopic (exact) mass is 363 g/mol. The van der Waals surface area contributed by atoms with Crippen LogP contribution in [0.1, 0.15) is 25.8 Å². The zero-order valence-electron chi connectivity index (χ0n) is 14.7. The molecule has 136 valence electrons. The van der Waals surface area contributed by atoms with Gasteiger partial charge in [-0.2, -0.15) is 0 Å². The van der Waals surface area contributed by atoms with Crippen LogP contribution in [0.4, 0.5) is 0 Å². The van der Waals surface area contributed by atoms with E-state index in [0.717, 1.165) is 25.1 Å². The van der Waals surface area contributed by atoms with E-state index < -0.39 is 18.1 Å². The molecule has 25 heavy (non-hydrogen) atoms. The Morgan fingerprint density at radius 2 is 2.16 bits per heavy atom. The number of halogens is 1. The number of nitrogens with two attached hydrogens (primary N) is 1. The smallest absolute Gasteiger partial charge is 0.229 e. The van der Waals surface area contributed by atoms with Crippen molar-refractivity contribution < 1.29 is 9.53 Å². The first-order chi connectivity index (χ1) is 12.0. The summed E-state index contributed by atoms with van der Waals surface area (Å²) in [5.41, 5.74) is 6.32. The van der Waals surface area contributed by atoms with Gasteiger partial charge in [0, 0.05) is 11.2 Å². The third-order valence-electron chi connectivity index (χ3n) is 3.96. The standard InChI is InChI=1S/C19H26ClN3O2/c1-13(2)7-9-22-10-8-14-3-5-16(11-17(14)20)25-18-6-4-15(12-23-18)19(21)24/h3-6,11-13,15,18,22H,7-10H2,1-2H3,(H2,21,24). The molecule has 1 heterocycles. The molecule has 6 heteroatoms. The van der Waals surface area contributed by atoms with Gasteiger partial charge in [0.25, 0.3) is 0 Å². The molecular weight excluding hydrogens is 338 g/mol. The quantitative estimate of drug-likeness (QED) is 0.523. The van der Waals surface area contributed by atoms with Crippen LogP contribution in [0.2, 0.25) is 5.02 Å². The van der Waals surface area contributed by atoms with Gasteiger partial charge in [-0.1, -0.05) is 37.6 Å². The van der Waals surface area contributed by atoms with Gasteiger partial charge in [0.1, 0.15) is 5.75 Å². The van der Waals surface area contributed by atoms with Gasteiger partial charge < -0.3 is 15.8 Å². The largest absolute Gasteiger partial charge is 0.465 e. The Bertz CT molecular complexity index is 630. The lowest BCUT2D eigenvalue weighted by atomic mass is 10.1. The molecule has 0 bridgehead atoms. The van der Waals surface area contributed by atoms with E-state index >= 15 is 0 Å². The van der Waals surface area contributed by atoms with Crippen molar-refractivity contribution in [3.05, 3.63) is 40.9 Å². The van der Waals surface area contributed by atoms with Crippen molar-refractivity contribution in [2.75, 3.05) is 13.1 Å². The predicted molar refractivity (Wildman–Crippen MR) is 102 cm³/mol. The summed E-state index contributed by atoms with van der Waals surface area (Å²) in [6.07, 6.45) is 6.50. The highest BCUT2D eigenvalue weighted by Crippen LogP contribution is 2.24. The number of nitrogens with one attached hydrogen (secondary N) is 1. The molecule has 0 fully saturated rings. The Morgan fingerprint density at radius 1 is 1.36 bits per heavy atom. The summed E-state index contributed by atoms with van der Waals surface area (Å²) in [6, 6.07) is 5.66. The van der Waals surface area contributed by atoms with Crippen LogP contribution in [0.25, 0.3) is 0 Å². The zero-order chi connectivity index (χ0) is 18.2. The Labute approximate surface area is 154 Å². The van der Waals surface area contributed by atoms with Crippen LogP contribution in [0, 0.1) is 11.8 Å². The van der Waals surface area contributed by atoms with Crippen molar-refractivity contribution in [2.45, 2.75) is 32.9 Å². The van der Waals surface area contributed by atoms with Gasteiger partial charge in [-0.3, -0.25) is 4.79 Å².